The van der Waals surface area contributed by atoms with Crippen LogP contribution in [0.25, 0.3) is 0 Å². The molecular formula is C14H28O2. The second-order valence-electron chi connectivity index (χ2n) is 4.95. The molecule has 2 unspecified atom stereocenters. The van der Waals surface area contributed by atoms with Crippen LogP contribution in [-0.2, 0) is 4.74 Å². The Bertz CT molecular complexity index is 176. The Hall–Kier alpha value is -0.340. The fraction of sp³-hybridized carbons (Fsp3) is 0.857. The average molecular weight is 228 g/mol. The maximum atomic E-state index is 9.60. The average Bonchev–Trinajstić information content (AvgIpc) is 2.17. The van der Waals surface area contributed by atoms with Gasteiger partial charge in [0.15, 0.2) is 6.29 Å². The molecule has 2 heteroatoms. The first-order chi connectivity index (χ1) is 7.56. The predicted octanol–water partition coefficient (Wildman–Crippen LogP) is 3.75. The normalized spacial score (nSPS) is 15.9. The summed E-state index contributed by atoms with van der Waals surface area (Å²) in [5.41, 5.74) is 0. The predicted molar refractivity (Wildman–Crippen MR) is 69.2 cm³/mol. The van der Waals surface area contributed by atoms with Crippen LogP contribution < -0.4 is 0 Å². The molecule has 0 spiro atoms. The number of aliphatic hydroxyl groups is 1. The number of hydrogen-bond acceptors (Lipinski definition) is 2. The third kappa shape index (κ3) is 10.2. The van der Waals surface area contributed by atoms with Gasteiger partial charge in [-0.3, -0.25) is 0 Å². The maximum Gasteiger partial charge on any atom is 0.155 e. The number of aliphatic hydroxyl groups excluding tert-OH is 1. The van der Waals surface area contributed by atoms with Crippen molar-refractivity contribution in [2.45, 2.75) is 59.7 Å². The van der Waals surface area contributed by atoms with Crippen molar-refractivity contribution in [3.63, 3.8) is 0 Å². The van der Waals surface area contributed by atoms with Crippen molar-refractivity contribution >= 4 is 0 Å². The lowest BCUT2D eigenvalue weighted by Gasteiger charge is -2.14. The highest BCUT2D eigenvalue weighted by molar-refractivity contribution is 4.87. The topological polar surface area (TPSA) is 29.5 Å². The van der Waals surface area contributed by atoms with Gasteiger partial charge in [0.2, 0.25) is 0 Å². The zero-order valence-corrected chi connectivity index (χ0v) is 11.3. The van der Waals surface area contributed by atoms with Crippen LogP contribution >= 0.6 is 0 Å². The molecule has 0 aromatic heterocycles. The number of rotatable bonds is 9. The van der Waals surface area contributed by atoms with Crippen LogP contribution in [-0.4, -0.2) is 18.0 Å². The van der Waals surface area contributed by atoms with E-state index in [1.165, 1.54) is 0 Å². The summed E-state index contributed by atoms with van der Waals surface area (Å²) in [4.78, 5) is 0. The van der Waals surface area contributed by atoms with Gasteiger partial charge in [0.1, 0.15) is 0 Å². The fourth-order valence-electron chi connectivity index (χ4n) is 1.41. The molecule has 0 bridgehead atoms. The van der Waals surface area contributed by atoms with Crippen molar-refractivity contribution in [3.05, 3.63) is 12.2 Å². The molecule has 0 saturated carbocycles. The van der Waals surface area contributed by atoms with Crippen LogP contribution in [0.3, 0.4) is 0 Å². The van der Waals surface area contributed by atoms with Crippen molar-refractivity contribution in [1.82, 2.24) is 0 Å². The van der Waals surface area contributed by atoms with Crippen molar-refractivity contribution < 1.29 is 9.84 Å². The quantitative estimate of drug-likeness (QED) is 0.370. The Morgan fingerprint density at radius 3 is 2.50 bits per heavy atom. The zero-order chi connectivity index (χ0) is 12.4. The summed E-state index contributed by atoms with van der Waals surface area (Å²) in [6, 6.07) is 0. The summed E-state index contributed by atoms with van der Waals surface area (Å²) in [6.07, 6.45) is 7.70. The third-order valence-corrected chi connectivity index (χ3v) is 2.45. The van der Waals surface area contributed by atoms with Crippen molar-refractivity contribution in [3.8, 4) is 0 Å². The van der Waals surface area contributed by atoms with Crippen LogP contribution in [0.5, 0.6) is 0 Å². The van der Waals surface area contributed by atoms with Gasteiger partial charge in [-0.15, -0.1) is 0 Å². The minimum absolute atomic E-state index is 0.385. The SMILES string of the molecule is CCCCOC(O)CC(C)/C=C/CC(C)C. The van der Waals surface area contributed by atoms with E-state index in [0.29, 0.717) is 24.9 Å². The van der Waals surface area contributed by atoms with E-state index in [0.717, 1.165) is 19.3 Å². The van der Waals surface area contributed by atoms with Gasteiger partial charge in [0.05, 0.1) is 0 Å². The molecule has 0 heterocycles. The number of ether oxygens (including phenoxy) is 1. The highest BCUT2D eigenvalue weighted by Crippen LogP contribution is 2.11. The molecule has 0 fully saturated rings. The Balaban J connectivity index is 3.60. The number of hydrogen-bond donors (Lipinski definition) is 1. The van der Waals surface area contributed by atoms with Crippen LogP contribution in [0.2, 0.25) is 0 Å². The Morgan fingerprint density at radius 1 is 1.25 bits per heavy atom. The second-order valence-corrected chi connectivity index (χ2v) is 4.95. The molecule has 0 rings (SSSR count). The summed E-state index contributed by atoms with van der Waals surface area (Å²) in [6.45, 7) is 9.31. The Morgan fingerprint density at radius 2 is 1.94 bits per heavy atom. The van der Waals surface area contributed by atoms with Crippen LogP contribution in [0.15, 0.2) is 12.2 Å². The Labute approximate surface area is 101 Å². The maximum absolute atomic E-state index is 9.60. The summed E-state index contributed by atoms with van der Waals surface area (Å²) in [7, 11) is 0. The largest absolute Gasteiger partial charge is 0.368 e. The lowest BCUT2D eigenvalue weighted by atomic mass is 10.0. The molecule has 0 aromatic rings. The van der Waals surface area contributed by atoms with Gasteiger partial charge in [-0.1, -0.05) is 46.3 Å². The van der Waals surface area contributed by atoms with Gasteiger partial charge in [-0.25, -0.2) is 0 Å². The molecule has 2 nitrogen and oxygen atoms in total. The molecule has 0 saturated heterocycles. The second kappa shape index (κ2) is 9.86. The summed E-state index contributed by atoms with van der Waals surface area (Å²) in [5, 5.41) is 9.60. The highest BCUT2D eigenvalue weighted by atomic mass is 16.6. The smallest absolute Gasteiger partial charge is 0.155 e. The summed E-state index contributed by atoms with van der Waals surface area (Å²) < 4.78 is 5.30. The molecule has 0 aromatic carbocycles. The van der Waals surface area contributed by atoms with E-state index in [1.807, 2.05) is 0 Å². The molecule has 0 amide bonds. The first kappa shape index (κ1) is 15.7. The number of allylic oxidation sites excluding steroid dienone is 2. The first-order valence-corrected chi connectivity index (χ1v) is 6.52. The van der Waals surface area contributed by atoms with Crippen LogP contribution in [0, 0.1) is 11.8 Å². The van der Waals surface area contributed by atoms with Crippen molar-refractivity contribution in [2.24, 2.45) is 11.8 Å². The minimum atomic E-state index is -0.606. The van der Waals surface area contributed by atoms with Crippen LogP contribution in [0.1, 0.15) is 53.4 Å². The Kier molecular flexibility index (Phi) is 9.65. The van der Waals surface area contributed by atoms with E-state index in [-0.39, 0.29) is 0 Å². The van der Waals surface area contributed by atoms with Crippen LogP contribution in [0.4, 0.5) is 0 Å². The van der Waals surface area contributed by atoms with E-state index in [2.05, 4.69) is 39.8 Å². The van der Waals surface area contributed by atoms with E-state index >= 15 is 0 Å². The zero-order valence-electron chi connectivity index (χ0n) is 11.3. The standard InChI is InChI=1S/C14H28O2/c1-5-6-10-16-14(15)11-13(4)9-7-8-12(2)3/h7,9,12-15H,5-6,8,10-11H2,1-4H3/b9-7+. The van der Waals surface area contributed by atoms with E-state index in [9.17, 15) is 5.11 Å². The molecule has 0 aliphatic heterocycles. The van der Waals surface area contributed by atoms with Crippen molar-refractivity contribution in [1.29, 1.82) is 0 Å². The van der Waals surface area contributed by atoms with Crippen molar-refractivity contribution in [2.75, 3.05) is 6.61 Å². The lowest BCUT2D eigenvalue weighted by molar-refractivity contribution is -0.108. The van der Waals surface area contributed by atoms with Gasteiger partial charge in [0.25, 0.3) is 0 Å². The molecule has 16 heavy (non-hydrogen) atoms. The molecule has 0 aliphatic carbocycles. The fourth-order valence-corrected chi connectivity index (χ4v) is 1.41. The monoisotopic (exact) mass is 228 g/mol. The van der Waals surface area contributed by atoms with Gasteiger partial charge in [-0.2, -0.15) is 0 Å². The molecule has 0 aliphatic rings. The summed E-state index contributed by atoms with van der Waals surface area (Å²) in [5.74, 6) is 1.09. The van der Waals surface area contributed by atoms with Gasteiger partial charge in [-0.05, 0) is 24.7 Å². The van der Waals surface area contributed by atoms with E-state index in [4.69, 9.17) is 4.74 Å². The highest BCUT2D eigenvalue weighted by Gasteiger charge is 2.07. The molecule has 96 valence electrons. The van der Waals surface area contributed by atoms with Gasteiger partial charge < -0.3 is 9.84 Å². The molecule has 1 N–H and O–H groups in total. The number of unbranched alkanes of at least 4 members (excludes halogenated alkanes) is 1. The minimum Gasteiger partial charge on any atom is -0.368 e. The van der Waals surface area contributed by atoms with E-state index < -0.39 is 6.29 Å². The van der Waals surface area contributed by atoms with Gasteiger partial charge in [0, 0.05) is 13.0 Å². The molecule has 0 radical (unpaired) electrons. The third-order valence-electron chi connectivity index (χ3n) is 2.45. The first-order valence-electron chi connectivity index (χ1n) is 6.52. The van der Waals surface area contributed by atoms with Gasteiger partial charge >= 0.3 is 0 Å². The summed E-state index contributed by atoms with van der Waals surface area (Å²) >= 11 is 0. The lowest BCUT2D eigenvalue weighted by Crippen LogP contribution is -2.15. The molecular weight excluding hydrogens is 200 g/mol. The molecule has 2 atom stereocenters. The van der Waals surface area contributed by atoms with E-state index in [1.54, 1.807) is 0 Å².